The van der Waals surface area contributed by atoms with Gasteiger partial charge >= 0.3 is 6.18 Å². The molecule has 0 aromatic carbocycles. The van der Waals surface area contributed by atoms with E-state index >= 15 is 0 Å². The van der Waals surface area contributed by atoms with Crippen LogP contribution in [0.5, 0.6) is 0 Å². The maximum absolute atomic E-state index is 12.4. The normalized spacial score (nSPS) is 12.3. The molecule has 0 amide bonds. The number of hydrogen-bond donors (Lipinski definition) is 1. The molecule has 2 rings (SSSR count). The maximum Gasteiger partial charge on any atom is 0.434 e. The molecule has 2 aromatic heterocycles. The molecule has 0 saturated heterocycles. The molecule has 0 saturated carbocycles. The van der Waals surface area contributed by atoms with Crippen molar-refractivity contribution in [3.63, 3.8) is 0 Å². The fourth-order valence-electron chi connectivity index (χ4n) is 1.27. The van der Waals surface area contributed by atoms with Crippen LogP contribution in [-0.4, -0.2) is 14.4 Å². The average molecular weight is 216 g/mol. The van der Waals surface area contributed by atoms with Gasteiger partial charge in [-0.2, -0.15) is 13.2 Å². The van der Waals surface area contributed by atoms with E-state index in [4.69, 9.17) is 5.73 Å². The van der Waals surface area contributed by atoms with Crippen molar-refractivity contribution in [2.75, 3.05) is 5.73 Å². The molecule has 2 N–H and O–H groups in total. The van der Waals surface area contributed by atoms with E-state index in [0.29, 0.717) is 5.69 Å². The second-order valence-corrected chi connectivity index (χ2v) is 3.10. The summed E-state index contributed by atoms with van der Waals surface area (Å²) in [5, 5.41) is 0. The first-order valence-corrected chi connectivity index (χ1v) is 4.07. The predicted octanol–water partition coefficient (Wildman–Crippen LogP) is 1.64. The van der Waals surface area contributed by atoms with Crippen LogP contribution in [0.2, 0.25) is 0 Å². The van der Waals surface area contributed by atoms with Crippen LogP contribution in [0, 0.1) is 6.92 Å². The number of nitrogens with two attached hydrogens (primary N) is 1. The Morgan fingerprint density at radius 2 is 2.07 bits per heavy atom. The molecule has 0 bridgehead atoms. The molecule has 7 heteroatoms. The molecule has 0 unspecified atom stereocenters. The Hall–Kier alpha value is -1.79. The number of nitrogens with zero attached hydrogens (tertiary/aromatic N) is 3. The Kier molecular flexibility index (Phi) is 1.85. The van der Waals surface area contributed by atoms with Crippen LogP contribution in [0.15, 0.2) is 12.4 Å². The second kappa shape index (κ2) is 2.85. The van der Waals surface area contributed by atoms with Gasteiger partial charge in [-0.25, -0.2) is 9.97 Å². The second-order valence-electron chi connectivity index (χ2n) is 3.10. The molecule has 2 aromatic rings. The highest BCUT2D eigenvalue weighted by molar-refractivity contribution is 5.60. The third-order valence-corrected chi connectivity index (χ3v) is 1.99. The van der Waals surface area contributed by atoms with E-state index in [2.05, 4.69) is 9.97 Å². The van der Waals surface area contributed by atoms with Crippen LogP contribution in [0.4, 0.5) is 19.0 Å². The lowest BCUT2D eigenvalue weighted by atomic mass is 10.4. The van der Waals surface area contributed by atoms with Crippen LogP contribution in [0.25, 0.3) is 5.65 Å². The van der Waals surface area contributed by atoms with Gasteiger partial charge in [0.25, 0.3) is 0 Å². The number of rotatable bonds is 0. The Morgan fingerprint density at radius 1 is 1.40 bits per heavy atom. The van der Waals surface area contributed by atoms with E-state index in [-0.39, 0.29) is 11.5 Å². The number of aromatic nitrogens is 3. The summed E-state index contributed by atoms with van der Waals surface area (Å²) in [6.07, 6.45) is -2.18. The molecule has 0 aliphatic heterocycles. The third kappa shape index (κ3) is 1.49. The van der Waals surface area contributed by atoms with Crippen LogP contribution >= 0.6 is 0 Å². The fraction of sp³-hybridized carbons (Fsp3) is 0.250. The van der Waals surface area contributed by atoms with Gasteiger partial charge in [0.05, 0.1) is 0 Å². The predicted molar refractivity (Wildman–Crippen MR) is 47.1 cm³/mol. The van der Waals surface area contributed by atoms with Gasteiger partial charge in [-0.1, -0.05) is 0 Å². The Labute approximate surface area is 82.6 Å². The highest BCUT2D eigenvalue weighted by Crippen LogP contribution is 2.29. The number of anilines is 1. The molecule has 0 aliphatic rings. The quantitative estimate of drug-likeness (QED) is 0.728. The maximum atomic E-state index is 12.4. The van der Waals surface area contributed by atoms with E-state index in [1.54, 1.807) is 6.92 Å². The van der Waals surface area contributed by atoms with Crippen molar-refractivity contribution in [3.05, 3.63) is 23.8 Å². The van der Waals surface area contributed by atoms with Gasteiger partial charge in [0.2, 0.25) is 0 Å². The molecule has 80 valence electrons. The zero-order chi connectivity index (χ0) is 11.2. The van der Waals surface area contributed by atoms with E-state index in [0.717, 1.165) is 6.20 Å². The number of fused-ring (bicyclic) bond motifs is 1. The lowest BCUT2D eigenvalue weighted by Crippen LogP contribution is -2.12. The number of alkyl halides is 3. The summed E-state index contributed by atoms with van der Waals surface area (Å²) in [6.45, 7) is 1.64. The van der Waals surface area contributed by atoms with Crippen molar-refractivity contribution in [3.8, 4) is 0 Å². The minimum Gasteiger partial charge on any atom is -0.381 e. The van der Waals surface area contributed by atoms with Crippen molar-refractivity contribution in [1.29, 1.82) is 0 Å². The van der Waals surface area contributed by atoms with Crippen LogP contribution in [0.1, 0.15) is 11.4 Å². The summed E-state index contributed by atoms with van der Waals surface area (Å²) in [6, 6.07) is 0. The summed E-state index contributed by atoms with van der Waals surface area (Å²) in [7, 11) is 0. The first-order chi connectivity index (χ1) is 6.89. The van der Waals surface area contributed by atoms with Crippen molar-refractivity contribution in [2.45, 2.75) is 13.1 Å². The zero-order valence-electron chi connectivity index (χ0n) is 7.71. The third-order valence-electron chi connectivity index (χ3n) is 1.99. The summed E-state index contributed by atoms with van der Waals surface area (Å²) < 4.78 is 38.4. The largest absolute Gasteiger partial charge is 0.434 e. The Bertz CT molecular complexity index is 514. The van der Waals surface area contributed by atoms with E-state index in [1.165, 1.54) is 10.6 Å². The molecule has 0 radical (unpaired) electrons. The number of halogens is 3. The summed E-state index contributed by atoms with van der Waals surface area (Å²) in [5.41, 5.74) is 5.16. The lowest BCUT2D eigenvalue weighted by molar-refractivity contribution is -0.141. The zero-order valence-corrected chi connectivity index (χ0v) is 7.71. The monoisotopic (exact) mass is 216 g/mol. The van der Waals surface area contributed by atoms with Gasteiger partial charge in [-0.05, 0) is 6.92 Å². The summed E-state index contributed by atoms with van der Waals surface area (Å²) in [4.78, 5) is 7.10. The van der Waals surface area contributed by atoms with Crippen molar-refractivity contribution >= 4 is 11.5 Å². The smallest absolute Gasteiger partial charge is 0.381 e. The molecule has 0 fully saturated rings. The number of aryl methyl sites for hydroxylation is 1. The summed E-state index contributed by atoms with van der Waals surface area (Å²) >= 11 is 0. The Morgan fingerprint density at radius 3 is 2.67 bits per heavy atom. The molecule has 0 spiro atoms. The molecular weight excluding hydrogens is 209 g/mol. The minimum absolute atomic E-state index is 0.224. The van der Waals surface area contributed by atoms with E-state index in [1.807, 2.05) is 0 Å². The number of imidazole rings is 1. The van der Waals surface area contributed by atoms with Gasteiger partial charge in [-0.15, -0.1) is 0 Å². The van der Waals surface area contributed by atoms with Gasteiger partial charge in [-0.3, -0.25) is 4.40 Å². The molecule has 0 aliphatic carbocycles. The molecule has 2 heterocycles. The van der Waals surface area contributed by atoms with Crippen LogP contribution in [-0.2, 0) is 6.18 Å². The topological polar surface area (TPSA) is 56.2 Å². The number of nitrogen functional groups attached to an aromatic ring is 1. The molecule has 15 heavy (non-hydrogen) atoms. The first-order valence-electron chi connectivity index (χ1n) is 4.07. The van der Waals surface area contributed by atoms with Crippen molar-refractivity contribution in [2.24, 2.45) is 0 Å². The van der Waals surface area contributed by atoms with Crippen LogP contribution in [0.3, 0.4) is 0 Å². The first kappa shape index (κ1) is 9.75. The fourth-order valence-corrected chi connectivity index (χ4v) is 1.27. The SMILES string of the molecule is Cc1cnc2c(N)nc(C(F)(F)F)cn12. The molecule has 4 nitrogen and oxygen atoms in total. The highest BCUT2D eigenvalue weighted by Gasteiger charge is 2.33. The van der Waals surface area contributed by atoms with Crippen molar-refractivity contribution < 1.29 is 13.2 Å². The van der Waals surface area contributed by atoms with Gasteiger partial charge < -0.3 is 5.73 Å². The molecule has 0 atom stereocenters. The number of hydrogen-bond acceptors (Lipinski definition) is 3. The summed E-state index contributed by atoms with van der Waals surface area (Å²) in [5.74, 6) is -0.224. The Balaban J connectivity index is 2.76. The molecular formula is C8H7F3N4. The van der Waals surface area contributed by atoms with Crippen LogP contribution < -0.4 is 5.73 Å². The highest BCUT2D eigenvalue weighted by atomic mass is 19.4. The van der Waals surface area contributed by atoms with E-state index in [9.17, 15) is 13.2 Å². The standard InChI is InChI=1S/C8H7F3N4/c1-4-2-13-7-6(12)14-5(3-15(4)7)8(9,10)11/h2-3H,1H3,(H2,12,14). The van der Waals surface area contributed by atoms with Crippen molar-refractivity contribution in [1.82, 2.24) is 14.4 Å². The van der Waals surface area contributed by atoms with Gasteiger partial charge in [0.15, 0.2) is 17.2 Å². The minimum atomic E-state index is -4.50. The van der Waals surface area contributed by atoms with Gasteiger partial charge in [0, 0.05) is 18.1 Å². The van der Waals surface area contributed by atoms with Gasteiger partial charge in [0.1, 0.15) is 0 Å². The lowest BCUT2D eigenvalue weighted by Gasteiger charge is -2.07. The van der Waals surface area contributed by atoms with E-state index < -0.39 is 11.9 Å². The average Bonchev–Trinajstić information content (AvgIpc) is 2.47.